The van der Waals surface area contributed by atoms with Crippen molar-refractivity contribution in [1.29, 1.82) is 0 Å². The van der Waals surface area contributed by atoms with Gasteiger partial charge in [0.25, 0.3) is 0 Å². The average molecular weight is 283 g/mol. The number of rotatable bonds is 6. The second-order valence-electron chi connectivity index (χ2n) is 4.56. The summed E-state index contributed by atoms with van der Waals surface area (Å²) in [6.45, 7) is 0.0971. The van der Waals surface area contributed by atoms with E-state index in [-0.39, 0.29) is 12.3 Å². The maximum absolute atomic E-state index is 11.8. The van der Waals surface area contributed by atoms with Crippen LogP contribution in [0.5, 0.6) is 0 Å². The Hall–Kier alpha value is -1.67. The minimum Gasteiger partial charge on any atom is -0.364 e. The quantitative estimate of drug-likeness (QED) is 0.854. The highest BCUT2D eigenvalue weighted by molar-refractivity contribution is 7.88. The van der Waals surface area contributed by atoms with Gasteiger partial charge < -0.3 is 9.05 Å². The lowest BCUT2D eigenvalue weighted by Gasteiger charge is -2.01. The molecule has 2 aromatic heterocycles. The first kappa shape index (κ1) is 12.4. The van der Waals surface area contributed by atoms with E-state index in [0.29, 0.717) is 17.4 Å². The molecule has 0 spiro atoms. The molecule has 2 heterocycles. The lowest BCUT2D eigenvalue weighted by atomic mass is 10.3. The van der Waals surface area contributed by atoms with Crippen molar-refractivity contribution >= 4 is 10.0 Å². The molecule has 0 radical (unpaired) electrons. The molecule has 0 bridgehead atoms. The fraction of sp³-hybridized carbons (Fsp3) is 0.455. The Morgan fingerprint density at radius 3 is 2.89 bits per heavy atom. The van der Waals surface area contributed by atoms with Crippen LogP contribution in [0.25, 0.3) is 0 Å². The van der Waals surface area contributed by atoms with E-state index in [1.165, 1.54) is 12.3 Å². The largest absolute Gasteiger partial charge is 0.364 e. The molecule has 1 N–H and O–H groups in total. The molecule has 0 saturated heterocycles. The fourth-order valence-electron chi connectivity index (χ4n) is 1.72. The van der Waals surface area contributed by atoms with Gasteiger partial charge in [-0.15, -0.1) is 0 Å². The number of hydrogen-bond acceptors (Lipinski definition) is 6. The molecule has 3 rings (SSSR count). The van der Waals surface area contributed by atoms with Gasteiger partial charge in [-0.1, -0.05) is 10.3 Å². The van der Waals surface area contributed by atoms with E-state index in [2.05, 4.69) is 19.6 Å². The maximum atomic E-state index is 11.8. The highest BCUT2D eigenvalue weighted by Crippen LogP contribution is 2.39. The van der Waals surface area contributed by atoms with Crippen molar-refractivity contribution in [3.63, 3.8) is 0 Å². The molecule has 0 aromatic carbocycles. The first-order valence-electron chi connectivity index (χ1n) is 5.94. The molecule has 0 amide bonds. The summed E-state index contributed by atoms with van der Waals surface area (Å²) < 4.78 is 35.7. The van der Waals surface area contributed by atoms with Crippen LogP contribution < -0.4 is 4.72 Å². The van der Waals surface area contributed by atoms with E-state index in [1.54, 1.807) is 6.07 Å². The van der Waals surface area contributed by atoms with Crippen LogP contribution in [0, 0.1) is 0 Å². The summed E-state index contributed by atoms with van der Waals surface area (Å²) in [5.41, 5.74) is 1.27. The van der Waals surface area contributed by atoms with Gasteiger partial charge in [0.2, 0.25) is 10.0 Å². The molecule has 2 aromatic rings. The monoisotopic (exact) mass is 283 g/mol. The SMILES string of the molecule is O=S(=O)(Cc1ccon1)NCc1cc(C2CC2)no1. The van der Waals surface area contributed by atoms with Gasteiger partial charge in [-0.3, -0.25) is 0 Å². The summed E-state index contributed by atoms with van der Waals surface area (Å²) >= 11 is 0. The molecule has 0 atom stereocenters. The highest BCUT2D eigenvalue weighted by atomic mass is 32.2. The zero-order chi connectivity index (χ0) is 13.3. The number of nitrogens with one attached hydrogen (secondary N) is 1. The first-order chi connectivity index (χ1) is 9.12. The van der Waals surface area contributed by atoms with Crippen LogP contribution in [0.3, 0.4) is 0 Å². The fourth-order valence-corrected chi connectivity index (χ4v) is 2.73. The zero-order valence-corrected chi connectivity index (χ0v) is 10.9. The molecule has 1 aliphatic rings. The van der Waals surface area contributed by atoms with Crippen molar-refractivity contribution in [2.24, 2.45) is 0 Å². The Balaban J connectivity index is 1.58. The molecular formula is C11H13N3O4S. The predicted molar refractivity (Wildman–Crippen MR) is 64.4 cm³/mol. The smallest absolute Gasteiger partial charge is 0.217 e. The Kier molecular flexibility index (Phi) is 3.11. The predicted octanol–water partition coefficient (Wildman–Crippen LogP) is 1.16. The van der Waals surface area contributed by atoms with Gasteiger partial charge in [-0.25, -0.2) is 13.1 Å². The standard InChI is InChI=1S/C11H13N3O4S/c15-19(16,7-9-3-4-17-13-9)12-6-10-5-11(14-18-10)8-1-2-8/h3-5,8,12H,1-2,6-7H2. The Morgan fingerprint density at radius 1 is 1.37 bits per heavy atom. The van der Waals surface area contributed by atoms with Crippen LogP contribution >= 0.6 is 0 Å². The molecule has 0 aliphatic heterocycles. The van der Waals surface area contributed by atoms with Crippen LogP contribution in [-0.2, 0) is 22.3 Å². The third kappa shape index (κ3) is 3.21. The third-order valence-electron chi connectivity index (χ3n) is 2.87. The van der Waals surface area contributed by atoms with Crippen molar-refractivity contribution in [2.75, 3.05) is 0 Å². The Bertz CT molecular complexity index is 643. The molecule has 1 saturated carbocycles. The lowest BCUT2D eigenvalue weighted by Crippen LogP contribution is -2.24. The minimum absolute atomic E-state index is 0.0971. The molecule has 19 heavy (non-hydrogen) atoms. The minimum atomic E-state index is -3.46. The average Bonchev–Trinajstić information content (AvgIpc) is 2.89. The van der Waals surface area contributed by atoms with Crippen molar-refractivity contribution in [3.8, 4) is 0 Å². The summed E-state index contributed by atoms with van der Waals surface area (Å²) in [4.78, 5) is 0. The van der Waals surface area contributed by atoms with Crippen LogP contribution in [0.4, 0.5) is 0 Å². The van der Waals surface area contributed by atoms with Gasteiger partial charge in [0.1, 0.15) is 12.0 Å². The van der Waals surface area contributed by atoms with Gasteiger partial charge in [0.15, 0.2) is 5.76 Å². The summed E-state index contributed by atoms with van der Waals surface area (Å²) in [5, 5.41) is 7.48. The summed E-state index contributed by atoms with van der Waals surface area (Å²) in [7, 11) is -3.46. The van der Waals surface area contributed by atoms with E-state index in [4.69, 9.17) is 4.52 Å². The van der Waals surface area contributed by atoms with Crippen molar-refractivity contribution < 1.29 is 17.5 Å². The zero-order valence-electron chi connectivity index (χ0n) is 10.1. The van der Waals surface area contributed by atoms with Crippen molar-refractivity contribution in [3.05, 3.63) is 35.5 Å². The normalized spacial score (nSPS) is 15.8. The van der Waals surface area contributed by atoms with Gasteiger partial charge in [0, 0.05) is 18.1 Å². The van der Waals surface area contributed by atoms with Crippen molar-refractivity contribution in [1.82, 2.24) is 15.0 Å². The summed E-state index contributed by atoms with van der Waals surface area (Å²) in [5.74, 6) is 0.794. The van der Waals surface area contributed by atoms with E-state index in [1.807, 2.05) is 0 Å². The molecule has 8 heteroatoms. The Labute approximate surface area is 110 Å². The van der Waals surface area contributed by atoms with Crippen molar-refractivity contribution in [2.45, 2.75) is 31.1 Å². The topological polar surface area (TPSA) is 98.2 Å². The highest BCUT2D eigenvalue weighted by Gasteiger charge is 2.27. The van der Waals surface area contributed by atoms with Gasteiger partial charge in [-0.05, 0) is 12.8 Å². The summed E-state index contributed by atoms with van der Waals surface area (Å²) in [6.07, 6.45) is 3.59. The molecular weight excluding hydrogens is 270 g/mol. The first-order valence-corrected chi connectivity index (χ1v) is 7.60. The molecule has 7 nitrogen and oxygen atoms in total. The number of nitrogens with zero attached hydrogens (tertiary/aromatic N) is 2. The summed E-state index contributed by atoms with van der Waals surface area (Å²) in [6, 6.07) is 3.31. The molecule has 0 unspecified atom stereocenters. The second kappa shape index (κ2) is 4.78. The van der Waals surface area contributed by atoms with E-state index >= 15 is 0 Å². The lowest BCUT2D eigenvalue weighted by molar-refractivity contribution is 0.374. The van der Waals surface area contributed by atoms with Gasteiger partial charge in [0.05, 0.1) is 17.9 Å². The van der Waals surface area contributed by atoms with Gasteiger partial charge >= 0.3 is 0 Å². The third-order valence-corrected chi connectivity index (χ3v) is 4.13. The van der Waals surface area contributed by atoms with Crippen LogP contribution in [-0.4, -0.2) is 18.7 Å². The van der Waals surface area contributed by atoms with Crippen LogP contribution in [0.2, 0.25) is 0 Å². The number of hydrogen-bond donors (Lipinski definition) is 1. The number of aromatic nitrogens is 2. The maximum Gasteiger partial charge on any atom is 0.217 e. The van der Waals surface area contributed by atoms with E-state index in [0.717, 1.165) is 18.5 Å². The van der Waals surface area contributed by atoms with Gasteiger partial charge in [-0.2, -0.15) is 0 Å². The van der Waals surface area contributed by atoms with E-state index < -0.39 is 10.0 Å². The molecule has 1 aliphatic carbocycles. The molecule has 102 valence electrons. The Morgan fingerprint density at radius 2 is 2.21 bits per heavy atom. The van der Waals surface area contributed by atoms with Crippen LogP contribution in [0.1, 0.15) is 35.9 Å². The van der Waals surface area contributed by atoms with E-state index in [9.17, 15) is 8.42 Å². The molecule has 1 fully saturated rings. The number of sulfonamides is 1. The van der Waals surface area contributed by atoms with Crippen LogP contribution in [0.15, 0.2) is 27.4 Å². The second-order valence-corrected chi connectivity index (χ2v) is 6.37.